The van der Waals surface area contributed by atoms with Crippen molar-refractivity contribution in [1.29, 1.82) is 0 Å². The molecule has 0 aliphatic heterocycles. The van der Waals surface area contributed by atoms with Crippen LogP contribution >= 0.6 is 0 Å². The van der Waals surface area contributed by atoms with E-state index in [1.807, 2.05) is 0 Å². The Labute approximate surface area is 132 Å². The minimum atomic E-state index is -0.658. The van der Waals surface area contributed by atoms with Gasteiger partial charge in [0.1, 0.15) is 0 Å². The van der Waals surface area contributed by atoms with E-state index in [-0.39, 0.29) is 0 Å². The summed E-state index contributed by atoms with van der Waals surface area (Å²) in [6.45, 7) is 0.473. The number of anilines is 1. The smallest absolute Gasteiger partial charge is 0.404 e. The molecule has 0 atom stereocenters. The van der Waals surface area contributed by atoms with Gasteiger partial charge >= 0.3 is 6.09 Å². The van der Waals surface area contributed by atoms with Crippen LogP contribution in [0.4, 0.5) is 10.5 Å². The van der Waals surface area contributed by atoms with Crippen LogP contribution in [0.15, 0.2) is 18.2 Å². The molecule has 1 aromatic carbocycles. The molecule has 1 saturated carbocycles. The van der Waals surface area contributed by atoms with Crippen molar-refractivity contribution < 1.29 is 9.53 Å². The molecule has 4 nitrogen and oxygen atoms in total. The van der Waals surface area contributed by atoms with Gasteiger partial charge in [0, 0.05) is 11.7 Å². The molecule has 0 unspecified atom stereocenters. The molecule has 120 valence electrons. The fourth-order valence-electron chi connectivity index (χ4n) is 3.73. The Morgan fingerprint density at radius 3 is 2.59 bits per heavy atom. The van der Waals surface area contributed by atoms with E-state index in [1.54, 1.807) is 0 Å². The number of hydrogen-bond acceptors (Lipinski definition) is 3. The molecule has 0 heterocycles. The first-order valence-corrected chi connectivity index (χ1v) is 8.51. The second-order valence-corrected chi connectivity index (χ2v) is 6.68. The molecule has 0 spiro atoms. The maximum Gasteiger partial charge on any atom is 0.404 e. The van der Waals surface area contributed by atoms with Crippen molar-refractivity contribution in [2.45, 2.75) is 57.4 Å². The molecule has 1 aromatic rings. The predicted octanol–water partition coefficient (Wildman–Crippen LogP) is 3.63. The van der Waals surface area contributed by atoms with Gasteiger partial charge in [0.25, 0.3) is 0 Å². The van der Waals surface area contributed by atoms with Gasteiger partial charge in [-0.15, -0.1) is 0 Å². The van der Waals surface area contributed by atoms with Gasteiger partial charge in [-0.1, -0.05) is 6.07 Å². The maximum atomic E-state index is 10.7. The number of nitrogens with one attached hydrogen (secondary N) is 1. The number of fused-ring (bicyclic) bond motifs is 1. The number of carbonyl (C=O) groups is 1. The molecule has 0 radical (unpaired) electrons. The first-order chi connectivity index (χ1) is 10.7. The number of hydrogen-bond donors (Lipinski definition) is 2. The average Bonchev–Trinajstić information content (AvgIpc) is 2.54. The van der Waals surface area contributed by atoms with E-state index in [4.69, 9.17) is 10.5 Å². The molecule has 1 fully saturated rings. The number of amides is 1. The molecule has 0 bridgehead atoms. The highest BCUT2D eigenvalue weighted by molar-refractivity contribution is 5.64. The summed E-state index contributed by atoms with van der Waals surface area (Å²) >= 11 is 0. The van der Waals surface area contributed by atoms with Gasteiger partial charge < -0.3 is 15.8 Å². The van der Waals surface area contributed by atoms with Crippen molar-refractivity contribution in [1.82, 2.24) is 0 Å². The van der Waals surface area contributed by atoms with Crippen LogP contribution in [0.3, 0.4) is 0 Å². The Hall–Kier alpha value is -1.71. The third-order valence-corrected chi connectivity index (χ3v) is 5.03. The van der Waals surface area contributed by atoms with E-state index in [2.05, 4.69) is 23.5 Å². The molecule has 3 N–H and O–H groups in total. The molecule has 0 aromatic heterocycles. The molecule has 0 saturated heterocycles. The second-order valence-electron chi connectivity index (χ2n) is 6.68. The Morgan fingerprint density at radius 2 is 1.86 bits per heavy atom. The number of benzene rings is 1. The summed E-state index contributed by atoms with van der Waals surface area (Å²) in [6.07, 6.45) is 8.90. The minimum absolute atomic E-state index is 0.467. The molecule has 2 aliphatic carbocycles. The fraction of sp³-hybridized carbons (Fsp3) is 0.611. The van der Waals surface area contributed by atoms with Crippen LogP contribution in [0.1, 0.15) is 49.7 Å². The van der Waals surface area contributed by atoms with Gasteiger partial charge in [-0.05, 0) is 80.5 Å². The van der Waals surface area contributed by atoms with Crippen molar-refractivity contribution in [2.75, 3.05) is 11.9 Å². The lowest BCUT2D eigenvalue weighted by Gasteiger charge is -2.29. The van der Waals surface area contributed by atoms with Gasteiger partial charge in [0.15, 0.2) is 0 Å². The van der Waals surface area contributed by atoms with Crippen LogP contribution < -0.4 is 11.1 Å². The van der Waals surface area contributed by atoms with E-state index in [1.165, 1.54) is 42.5 Å². The molecular formula is C18H26N2O2. The van der Waals surface area contributed by atoms with Crippen LogP contribution in [-0.2, 0) is 17.6 Å². The zero-order valence-corrected chi connectivity index (χ0v) is 13.1. The van der Waals surface area contributed by atoms with E-state index in [0.29, 0.717) is 18.6 Å². The summed E-state index contributed by atoms with van der Waals surface area (Å²) in [5, 5.41) is 3.68. The number of rotatable bonds is 4. The van der Waals surface area contributed by atoms with Crippen LogP contribution in [-0.4, -0.2) is 18.7 Å². The molecule has 1 amide bonds. The van der Waals surface area contributed by atoms with Gasteiger partial charge in [-0.25, -0.2) is 4.79 Å². The molecule has 2 aliphatic rings. The van der Waals surface area contributed by atoms with Gasteiger partial charge in [-0.3, -0.25) is 0 Å². The van der Waals surface area contributed by atoms with Crippen molar-refractivity contribution >= 4 is 11.8 Å². The highest BCUT2D eigenvalue weighted by atomic mass is 16.5. The summed E-state index contributed by atoms with van der Waals surface area (Å²) in [5.74, 6) is 0.467. The quantitative estimate of drug-likeness (QED) is 0.892. The van der Waals surface area contributed by atoms with E-state index < -0.39 is 6.09 Å². The summed E-state index contributed by atoms with van der Waals surface area (Å²) in [6, 6.07) is 7.40. The van der Waals surface area contributed by atoms with E-state index in [9.17, 15) is 4.79 Å². The van der Waals surface area contributed by atoms with Gasteiger partial charge in [0.2, 0.25) is 0 Å². The predicted molar refractivity (Wildman–Crippen MR) is 88.0 cm³/mol. The minimum Gasteiger partial charge on any atom is -0.449 e. The number of nitrogens with two attached hydrogens (primary N) is 1. The summed E-state index contributed by atoms with van der Waals surface area (Å²) < 4.78 is 4.92. The zero-order chi connectivity index (χ0) is 15.4. The summed E-state index contributed by atoms with van der Waals surface area (Å²) in [7, 11) is 0. The SMILES string of the molecule is NC(=O)OCC1CCC(Nc2ccc3c(c2)CCCC3)CC1. The largest absolute Gasteiger partial charge is 0.449 e. The number of primary amides is 1. The molecule has 3 rings (SSSR count). The molecule has 22 heavy (non-hydrogen) atoms. The topological polar surface area (TPSA) is 64.4 Å². The van der Waals surface area contributed by atoms with Gasteiger partial charge in [-0.2, -0.15) is 0 Å². The van der Waals surface area contributed by atoms with Crippen LogP contribution in [0.5, 0.6) is 0 Å². The van der Waals surface area contributed by atoms with Crippen LogP contribution in [0.25, 0.3) is 0 Å². The van der Waals surface area contributed by atoms with E-state index >= 15 is 0 Å². The lowest BCUT2D eigenvalue weighted by molar-refractivity contribution is 0.123. The van der Waals surface area contributed by atoms with Crippen LogP contribution in [0.2, 0.25) is 0 Å². The summed E-state index contributed by atoms with van der Waals surface area (Å²) in [5.41, 5.74) is 9.34. The van der Waals surface area contributed by atoms with Crippen molar-refractivity contribution in [3.8, 4) is 0 Å². The Morgan fingerprint density at radius 1 is 1.14 bits per heavy atom. The van der Waals surface area contributed by atoms with Gasteiger partial charge in [0.05, 0.1) is 6.61 Å². The highest BCUT2D eigenvalue weighted by Crippen LogP contribution is 2.29. The fourth-order valence-corrected chi connectivity index (χ4v) is 3.73. The zero-order valence-electron chi connectivity index (χ0n) is 13.1. The lowest BCUT2D eigenvalue weighted by atomic mass is 9.86. The molecular weight excluding hydrogens is 276 g/mol. The Balaban J connectivity index is 1.49. The highest BCUT2D eigenvalue weighted by Gasteiger charge is 2.22. The number of aryl methyl sites for hydroxylation is 2. The van der Waals surface area contributed by atoms with Crippen molar-refractivity contribution in [2.24, 2.45) is 11.7 Å². The maximum absolute atomic E-state index is 10.7. The Kier molecular flexibility index (Phi) is 4.86. The standard InChI is InChI=1S/C18H26N2O2/c19-18(21)22-12-13-5-8-16(9-6-13)20-17-10-7-14-3-1-2-4-15(14)11-17/h7,10-11,13,16,20H,1-6,8-9,12H2,(H2,19,21). The number of ether oxygens (including phenoxy) is 1. The molecule has 4 heteroatoms. The second kappa shape index (κ2) is 7.03. The first kappa shape index (κ1) is 15.2. The lowest BCUT2D eigenvalue weighted by Crippen LogP contribution is -2.29. The Bertz CT molecular complexity index is 522. The third kappa shape index (κ3) is 3.93. The van der Waals surface area contributed by atoms with Crippen molar-refractivity contribution in [3.63, 3.8) is 0 Å². The monoisotopic (exact) mass is 302 g/mol. The van der Waals surface area contributed by atoms with Crippen LogP contribution in [0, 0.1) is 5.92 Å². The number of carbonyl (C=O) groups excluding carboxylic acids is 1. The normalized spacial score (nSPS) is 24.4. The average molecular weight is 302 g/mol. The first-order valence-electron chi connectivity index (χ1n) is 8.51. The summed E-state index contributed by atoms with van der Waals surface area (Å²) in [4.78, 5) is 10.7. The third-order valence-electron chi connectivity index (χ3n) is 5.03. The van der Waals surface area contributed by atoms with E-state index in [0.717, 1.165) is 25.7 Å². The van der Waals surface area contributed by atoms with Crippen molar-refractivity contribution in [3.05, 3.63) is 29.3 Å².